The molecule has 7 nitrogen and oxygen atoms in total. The van der Waals surface area contributed by atoms with Crippen molar-refractivity contribution in [2.45, 2.75) is 17.7 Å². The molecule has 2 aliphatic rings. The van der Waals surface area contributed by atoms with E-state index in [0.717, 1.165) is 44.0 Å². The summed E-state index contributed by atoms with van der Waals surface area (Å²) in [5.41, 5.74) is 2.39. The molecule has 2 fully saturated rings. The van der Waals surface area contributed by atoms with Crippen LogP contribution in [0.3, 0.4) is 0 Å². The molecule has 8 heteroatoms. The van der Waals surface area contributed by atoms with Crippen molar-refractivity contribution in [3.8, 4) is 0 Å². The van der Waals surface area contributed by atoms with Gasteiger partial charge in [-0.1, -0.05) is 0 Å². The number of benzene rings is 2. The fourth-order valence-corrected chi connectivity index (χ4v) is 4.89. The lowest BCUT2D eigenvalue weighted by Gasteiger charge is -2.31. The van der Waals surface area contributed by atoms with Gasteiger partial charge in [0, 0.05) is 30.0 Å². The van der Waals surface area contributed by atoms with E-state index in [1.54, 1.807) is 41.3 Å². The third-order valence-corrected chi connectivity index (χ3v) is 7.03. The molecule has 2 aromatic rings. The highest BCUT2D eigenvalue weighted by Gasteiger charge is 2.23. The van der Waals surface area contributed by atoms with E-state index in [1.165, 1.54) is 4.90 Å². The molecule has 0 bridgehead atoms. The Bertz CT molecular complexity index is 966. The molecule has 2 saturated heterocycles. The second-order valence-electron chi connectivity index (χ2n) is 7.74. The van der Waals surface area contributed by atoms with Crippen LogP contribution in [0.15, 0.2) is 53.4 Å². The summed E-state index contributed by atoms with van der Waals surface area (Å²) in [6, 6.07) is 14.0. The Kier molecular flexibility index (Phi) is 5.47. The van der Waals surface area contributed by atoms with Gasteiger partial charge in [0.05, 0.1) is 38.1 Å². The molecule has 0 aliphatic carbocycles. The summed E-state index contributed by atoms with van der Waals surface area (Å²) in [6.07, 6.45) is 1.39. The summed E-state index contributed by atoms with van der Waals surface area (Å²) in [5, 5.41) is 0. The average Bonchev–Trinajstić information content (AvgIpc) is 3.15. The van der Waals surface area contributed by atoms with Crippen molar-refractivity contribution in [1.29, 1.82) is 0 Å². The zero-order chi connectivity index (χ0) is 20.4. The van der Waals surface area contributed by atoms with E-state index in [0.29, 0.717) is 18.7 Å². The Hall–Kier alpha value is -2.58. The predicted molar refractivity (Wildman–Crippen MR) is 114 cm³/mol. The Labute approximate surface area is 172 Å². The van der Waals surface area contributed by atoms with Gasteiger partial charge in [-0.2, -0.15) is 0 Å². The molecule has 0 saturated carbocycles. The van der Waals surface area contributed by atoms with E-state index < -0.39 is 10.0 Å². The number of likely N-dealkylation sites (N-methyl/N-ethyl adjacent to an activating group) is 1. The average molecular weight is 416 g/mol. The minimum atomic E-state index is -3.68. The van der Waals surface area contributed by atoms with Crippen molar-refractivity contribution < 1.29 is 18.1 Å². The van der Waals surface area contributed by atoms with E-state index in [4.69, 9.17) is 0 Å². The number of carbonyl (C=O) groups excluding carboxylic acids is 1. The van der Waals surface area contributed by atoms with E-state index in [2.05, 4.69) is 16.7 Å². The van der Waals surface area contributed by atoms with Crippen molar-refractivity contribution in [2.24, 2.45) is 0 Å². The van der Waals surface area contributed by atoms with Gasteiger partial charge in [0.25, 0.3) is 10.0 Å². The molecule has 0 aromatic heterocycles. The number of nitrogens with zero attached hydrogens (tertiary/aromatic N) is 2. The monoisotopic (exact) mass is 415 g/mol. The number of hydrogen-bond donors (Lipinski definition) is 2. The Morgan fingerprint density at radius 2 is 1.52 bits per heavy atom. The number of amides is 1. The fraction of sp³-hybridized carbons (Fsp3) is 0.381. The van der Waals surface area contributed by atoms with Gasteiger partial charge in [0.15, 0.2) is 0 Å². The molecule has 2 N–H and O–H groups in total. The summed E-state index contributed by atoms with van der Waals surface area (Å²) in [5.74, 6) is 0.0839. The number of carbonyl (C=O) groups is 1. The number of nitrogens with one attached hydrogen (secondary N) is 2. The lowest BCUT2D eigenvalue weighted by molar-refractivity contribution is -0.880. The second kappa shape index (κ2) is 8.04. The summed E-state index contributed by atoms with van der Waals surface area (Å²) >= 11 is 0. The molecule has 154 valence electrons. The first-order valence-corrected chi connectivity index (χ1v) is 11.5. The van der Waals surface area contributed by atoms with Gasteiger partial charge in [-0.05, 0) is 55.0 Å². The molecule has 4 rings (SSSR count). The summed E-state index contributed by atoms with van der Waals surface area (Å²) in [6.45, 7) is 4.90. The van der Waals surface area contributed by atoms with E-state index >= 15 is 0 Å². The highest BCUT2D eigenvalue weighted by atomic mass is 32.2. The normalized spacial score (nSPS) is 18.3. The Morgan fingerprint density at radius 1 is 0.897 bits per heavy atom. The maximum absolute atomic E-state index is 12.7. The molecule has 2 aromatic carbocycles. The van der Waals surface area contributed by atoms with Crippen molar-refractivity contribution in [3.05, 3.63) is 48.5 Å². The minimum Gasteiger partial charge on any atom is -0.360 e. The van der Waals surface area contributed by atoms with E-state index in [1.807, 2.05) is 12.1 Å². The Morgan fingerprint density at radius 3 is 2.10 bits per heavy atom. The van der Waals surface area contributed by atoms with Gasteiger partial charge in [-0.25, -0.2) is 8.42 Å². The first-order chi connectivity index (χ1) is 13.9. The molecular weight excluding hydrogens is 388 g/mol. The largest absolute Gasteiger partial charge is 0.360 e. The highest BCUT2D eigenvalue weighted by molar-refractivity contribution is 7.92. The fourth-order valence-electron chi connectivity index (χ4n) is 3.83. The van der Waals surface area contributed by atoms with E-state index in [9.17, 15) is 13.2 Å². The van der Waals surface area contributed by atoms with Gasteiger partial charge in [0.2, 0.25) is 5.91 Å². The van der Waals surface area contributed by atoms with Crippen LogP contribution >= 0.6 is 0 Å². The quantitative estimate of drug-likeness (QED) is 0.763. The van der Waals surface area contributed by atoms with Crippen LogP contribution in [-0.4, -0.2) is 54.1 Å². The van der Waals surface area contributed by atoms with Crippen LogP contribution in [0.1, 0.15) is 12.8 Å². The molecule has 0 unspecified atom stereocenters. The van der Waals surface area contributed by atoms with Crippen LogP contribution in [0.5, 0.6) is 0 Å². The molecule has 0 radical (unpaired) electrons. The van der Waals surface area contributed by atoms with Gasteiger partial charge < -0.3 is 14.7 Å². The van der Waals surface area contributed by atoms with Crippen LogP contribution in [0.4, 0.5) is 17.1 Å². The maximum atomic E-state index is 12.7. The predicted octanol–water partition coefficient (Wildman–Crippen LogP) is 0.949. The number of quaternary nitrogens is 1. The second-order valence-corrected chi connectivity index (χ2v) is 9.42. The SMILES string of the molecule is C[NH+]1CCN(c2ccc(NS(=O)(=O)c3ccc(N4CCCC4=O)cc3)cc2)CC1. The third-order valence-electron chi connectivity index (χ3n) is 5.63. The van der Waals surface area contributed by atoms with Crippen molar-refractivity contribution >= 4 is 33.0 Å². The number of sulfonamides is 1. The van der Waals surface area contributed by atoms with Crippen molar-refractivity contribution in [1.82, 2.24) is 0 Å². The summed E-state index contributed by atoms with van der Waals surface area (Å²) in [4.78, 5) is 17.6. The van der Waals surface area contributed by atoms with Crippen molar-refractivity contribution in [3.63, 3.8) is 0 Å². The molecular formula is C21H27N4O3S+. The zero-order valence-corrected chi connectivity index (χ0v) is 17.4. The standard InChI is InChI=1S/C21H26N4O3S/c1-23-13-15-24(16-14-23)18-6-4-17(5-7-18)22-29(27,28)20-10-8-19(9-11-20)25-12-2-3-21(25)26/h4-11,22H,2-3,12-16H2,1H3/p+1. The molecule has 2 heterocycles. The van der Waals surface area contributed by atoms with Gasteiger partial charge in [0.1, 0.15) is 0 Å². The summed E-state index contributed by atoms with van der Waals surface area (Å²) < 4.78 is 28.1. The minimum absolute atomic E-state index is 0.0839. The van der Waals surface area contributed by atoms with Crippen LogP contribution in [0, 0.1) is 0 Å². The first-order valence-electron chi connectivity index (χ1n) is 10.0. The number of rotatable bonds is 5. The molecule has 2 aliphatic heterocycles. The van der Waals surface area contributed by atoms with Gasteiger partial charge >= 0.3 is 0 Å². The smallest absolute Gasteiger partial charge is 0.261 e. The molecule has 1 amide bonds. The first kappa shape index (κ1) is 19.7. The van der Waals surface area contributed by atoms with Crippen LogP contribution in [-0.2, 0) is 14.8 Å². The molecule has 29 heavy (non-hydrogen) atoms. The Balaban J connectivity index is 1.43. The molecule has 0 atom stereocenters. The highest BCUT2D eigenvalue weighted by Crippen LogP contribution is 2.25. The van der Waals surface area contributed by atoms with Crippen LogP contribution < -0.4 is 19.4 Å². The van der Waals surface area contributed by atoms with Gasteiger partial charge in [-0.15, -0.1) is 0 Å². The van der Waals surface area contributed by atoms with Crippen LogP contribution in [0.2, 0.25) is 0 Å². The summed E-state index contributed by atoms with van der Waals surface area (Å²) in [7, 11) is -1.48. The maximum Gasteiger partial charge on any atom is 0.261 e. The lowest BCUT2D eigenvalue weighted by atomic mass is 10.2. The van der Waals surface area contributed by atoms with Crippen molar-refractivity contribution in [2.75, 3.05) is 54.3 Å². The number of piperazine rings is 1. The zero-order valence-electron chi connectivity index (χ0n) is 16.6. The number of hydrogen-bond acceptors (Lipinski definition) is 4. The molecule has 0 spiro atoms. The lowest BCUT2D eigenvalue weighted by Crippen LogP contribution is -3.12. The van der Waals surface area contributed by atoms with Gasteiger partial charge in [-0.3, -0.25) is 9.52 Å². The topological polar surface area (TPSA) is 74.2 Å². The van der Waals surface area contributed by atoms with E-state index in [-0.39, 0.29) is 10.8 Å². The number of anilines is 3. The third kappa shape index (κ3) is 4.38. The van der Waals surface area contributed by atoms with Crippen LogP contribution in [0.25, 0.3) is 0 Å².